The number of hydrogen-bond donors (Lipinski definition) is 2. The van der Waals surface area contributed by atoms with Crippen LogP contribution in [0.1, 0.15) is 27.4 Å². The van der Waals surface area contributed by atoms with Gasteiger partial charge in [-0.15, -0.1) is 0 Å². The number of carbonyl (C=O) groups excluding carboxylic acids is 1. The summed E-state index contributed by atoms with van der Waals surface area (Å²) >= 11 is 6.01. The van der Waals surface area contributed by atoms with Crippen molar-refractivity contribution in [2.75, 3.05) is 0 Å². The lowest BCUT2D eigenvalue weighted by molar-refractivity contribution is 0.0946. The molecule has 29 heavy (non-hydrogen) atoms. The molecular weight excluding hydrogens is 388 g/mol. The molecule has 0 bridgehead atoms. The molecule has 0 aliphatic rings. The summed E-state index contributed by atoms with van der Waals surface area (Å²) in [7, 11) is 0. The molecule has 2 N–H and O–H groups in total. The molecule has 0 aliphatic heterocycles. The van der Waals surface area contributed by atoms with Gasteiger partial charge in [0.25, 0.3) is 5.91 Å². The predicted molar refractivity (Wildman–Crippen MR) is 111 cm³/mol. The van der Waals surface area contributed by atoms with Crippen LogP contribution in [0.4, 0.5) is 0 Å². The van der Waals surface area contributed by atoms with Gasteiger partial charge < -0.3 is 5.32 Å². The van der Waals surface area contributed by atoms with Gasteiger partial charge in [0.15, 0.2) is 5.82 Å². The van der Waals surface area contributed by atoms with Gasteiger partial charge in [-0.25, -0.2) is 9.67 Å². The summed E-state index contributed by atoms with van der Waals surface area (Å²) in [5.74, 6) is 0.499. The van der Waals surface area contributed by atoms with Crippen LogP contribution in [0, 0.1) is 13.8 Å². The maximum Gasteiger partial charge on any atom is 0.269 e. The average molecular weight is 407 g/mol. The summed E-state index contributed by atoms with van der Waals surface area (Å²) in [6.07, 6.45) is 1.73. The highest BCUT2D eigenvalue weighted by molar-refractivity contribution is 6.30. The number of nitrogens with zero attached hydrogens (tertiary/aromatic N) is 4. The Bertz CT molecular complexity index is 1160. The SMILES string of the molecule is Cc1cc(C)n(-c2ccc(CNC(=O)c3cc(-c4cccc(Cl)c4)n[nH]3)cn2)n1. The highest BCUT2D eigenvalue weighted by atomic mass is 35.5. The van der Waals surface area contributed by atoms with Crippen molar-refractivity contribution in [3.05, 3.63) is 82.4 Å². The average Bonchev–Trinajstić information content (AvgIpc) is 3.33. The van der Waals surface area contributed by atoms with Crippen molar-refractivity contribution >= 4 is 17.5 Å². The maximum atomic E-state index is 12.4. The molecule has 1 aromatic carbocycles. The summed E-state index contributed by atoms with van der Waals surface area (Å²) < 4.78 is 1.79. The quantitative estimate of drug-likeness (QED) is 0.526. The Hall–Kier alpha value is -3.45. The number of nitrogens with one attached hydrogen (secondary N) is 2. The summed E-state index contributed by atoms with van der Waals surface area (Å²) in [6, 6.07) is 14.8. The summed E-state index contributed by atoms with van der Waals surface area (Å²) in [6.45, 7) is 4.28. The van der Waals surface area contributed by atoms with Crippen LogP contribution < -0.4 is 5.32 Å². The Balaban J connectivity index is 1.40. The fraction of sp³-hybridized carbons (Fsp3) is 0.143. The van der Waals surface area contributed by atoms with Crippen molar-refractivity contribution < 1.29 is 4.79 Å². The largest absolute Gasteiger partial charge is 0.347 e. The Morgan fingerprint density at radius 1 is 1.17 bits per heavy atom. The first kappa shape index (κ1) is 18.9. The van der Waals surface area contributed by atoms with Gasteiger partial charge in [-0.3, -0.25) is 9.89 Å². The number of aryl methyl sites for hydroxylation is 2. The van der Waals surface area contributed by atoms with Crippen molar-refractivity contribution in [3.8, 4) is 17.1 Å². The maximum absolute atomic E-state index is 12.4. The number of aromatic nitrogens is 5. The number of aromatic amines is 1. The number of carbonyl (C=O) groups is 1. The van der Waals surface area contributed by atoms with E-state index in [1.54, 1.807) is 29.1 Å². The van der Waals surface area contributed by atoms with Crippen molar-refractivity contribution in [1.82, 2.24) is 30.3 Å². The van der Waals surface area contributed by atoms with E-state index < -0.39 is 0 Å². The van der Waals surface area contributed by atoms with Crippen LogP contribution in [0.2, 0.25) is 5.02 Å². The van der Waals surface area contributed by atoms with Gasteiger partial charge in [0.2, 0.25) is 0 Å². The minimum atomic E-state index is -0.242. The molecule has 146 valence electrons. The molecule has 0 fully saturated rings. The van der Waals surface area contributed by atoms with E-state index in [9.17, 15) is 4.79 Å². The standard InChI is InChI=1S/C21H19ClN6O/c1-13-8-14(2)28(27-13)20-7-6-15(11-23-20)12-24-21(29)19-10-18(25-26-19)16-4-3-5-17(22)9-16/h3-11H,12H2,1-2H3,(H,24,29)(H,25,26). The third-order valence-corrected chi connectivity index (χ3v) is 4.67. The highest BCUT2D eigenvalue weighted by Crippen LogP contribution is 2.21. The zero-order valence-corrected chi connectivity index (χ0v) is 16.7. The second-order valence-corrected chi connectivity index (χ2v) is 7.16. The molecule has 0 radical (unpaired) electrons. The Kier molecular flexibility index (Phi) is 5.14. The van der Waals surface area contributed by atoms with E-state index in [4.69, 9.17) is 11.6 Å². The van der Waals surface area contributed by atoms with Crippen LogP contribution in [0.25, 0.3) is 17.1 Å². The summed E-state index contributed by atoms with van der Waals surface area (Å²) in [5, 5.41) is 14.9. The number of amides is 1. The molecule has 0 spiro atoms. The molecule has 3 aromatic heterocycles. The molecule has 0 saturated carbocycles. The Morgan fingerprint density at radius 2 is 2.03 bits per heavy atom. The smallest absolute Gasteiger partial charge is 0.269 e. The minimum Gasteiger partial charge on any atom is -0.347 e. The van der Waals surface area contributed by atoms with Crippen molar-refractivity contribution in [1.29, 1.82) is 0 Å². The second kappa shape index (κ2) is 7.89. The van der Waals surface area contributed by atoms with E-state index in [1.807, 2.05) is 44.2 Å². The van der Waals surface area contributed by atoms with Crippen molar-refractivity contribution in [2.24, 2.45) is 0 Å². The molecule has 4 rings (SSSR count). The first-order valence-corrected chi connectivity index (χ1v) is 9.45. The molecule has 0 unspecified atom stereocenters. The molecule has 1 amide bonds. The molecule has 4 aromatic rings. The van der Waals surface area contributed by atoms with Gasteiger partial charge in [-0.2, -0.15) is 10.2 Å². The lowest BCUT2D eigenvalue weighted by atomic mass is 10.1. The normalized spacial score (nSPS) is 10.9. The summed E-state index contributed by atoms with van der Waals surface area (Å²) in [5.41, 5.74) is 4.74. The Morgan fingerprint density at radius 3 is 2.72 bits per heavy atom. The second-order valence-electron chi connectivity index (χ2n) is 6.72. The molecule has 7 nitrogen and oxygen atoms in total. The number of hydrogen-bond acceptors (Lipinski definition) is 4. The van der Waals surface area contributed by atoms with E-state index >= 15 is 0 Å². The number of pyridine rings is 1. The van der Waals surface area contributed by atoms with Gasteiger partial charge in [-0.05, 0) is 49.7 Å². The van der Waals surface area contributed by atoms with Gasteiger partial charge in [0, 0.05) is 29.0 Å². The van der Waals surface area contributed by atoms with Gasteiger partial charge in [0.05, 0.1) is 11.4 Å². The van der Waals surface area contributed by atoms with Gasteiger partial charge in [-0.1, -0.05) is 29.8 Å². The van der Waals surface area contributed by atoms with Crippen LogP contribution in [-0.2, 0) is 6.54 Å². The van der Waals surface area contributed by atoms with E-state index in [0.717, 1.165) is 28.3 Å². The van der Waals surface area contributed by atoms with Crippen LogP contribution in [0.5, 0.6) is 0 Å². The number of halogens is 1. The molecular formula is C21H19ClN6O. The molecule has 3 heterocycles. The van der Waals surface area contributed by atoms with E-state index in [0.29, 0.717) is 23.0 Å². The molecule has 0 saturated heterocycles. The predicted octanol–water partition coefficient (Wildman–Crippen LogP) is 3.86. The van der Waals surface area contributed by atoms with Gasteiger partial charge >= 0.3 is 0 Å². The number of benzene rings is 1. The van der Waals surface area contributed by atoms with Crippen molar-refractivity contribution in [3.63, 3.8) is 0 Å². The highest BCUT2D eigenvalue weighted by Gasteiger charge is 2.11. The number of rotatable bonds is 5. The van der Waals surface area contributed by atoms with E-state index in [1.165, 1.54) is 0 Å². The topological polar surface area (TPSA) is 88.5 Å². The lowest BCUT2D eigenvalue weighted by Crippen LogP contribution is -2.23. The third kappa shape index (κ3) is 4.20. The van der Waals surface area contributed by atoms with Crippen LogP contribution in [-0.4, -0.2) is 30.9 Å². The molecule has 8 heteroatoms. The van der Waals surface area contributed by atoms with Crippen LogP contribution in [0.3, 0.4) is 0 Å². The fourth-order valence-electron chi connectivity index (χ4n) is 3.02. The molecule has 0 atom stereocenters. The zero-order valence-electron chi connectivity index (χ0n) is 16.0. The first-order chi connectivity index (χ1) is 14.0. The lowest BCUT2D eigenvalue weighted by Gasteiger charge is -2.06. The Labute approximate surface area is 172 Å². The van der Waals surface area contributed by atoms with Gasteiger partial charge in [0.1, 0.15) is 5.69 Å². The third-order valence-electron chi connectivity index (χ3n) is 4.43. The molecule has 0 aliphatic carbocycles. The number of H-pyrrole nitrogens is 1. The van der Waals surface area contributed by atoms with Crippen molar-refractivity contribution in [2.45, 2.75) is 20.4 Å². The van der Waals surface area contributed by atoms with E-state index in [-0.39, 0.29) is 5.91 Å². The monoisotopic (exact) mass is 406 g/mol. The van der Waals surface area contributed by atoms with E-state index in [2.05, 4.69) is 25.6 Å². The zero-order chi connectivity index (χ0) is 20.4. The van der Waals surface area contributed by atoms with Crippen LogP contribution in [0.15, 0.2) is 54.7 Å². The minimum absolute atomic E-state index is 0.242. The van der Waals surface area contributed by atoms with Crippen LogP contribution >= 0.6 is 11.6 Å². The summed E-state index contributed by atoms with van der Waals surface area (Å²) in [4.78, 5) is 16.9. The fourth-order valence-corrected chi connectivity index (χ4v) is 3.21. The first-order valence-electron chi connectivity index (χ1n) is 9.08.